The number of carbonyl (C=O) groups is 2. The van der Waals surface area contributed by atoms with Gasteiger partial charge in [0, 0.05) is 25.4 Å². The van der Waals surface area contributed by atoms with Crippen molar-refractivity contribution < 1.29 is 23.8 Å². The Morgan fingerprint density at radius 1 is 1.05 bits per heavy atom. The lowest BCUT2D eigenvalue weighted by atomic mass is 9.95. The molecular formula is C32H41NO5S. The molecule has 7 heteroatoms. The molecule has 0 N–H and O–H groups in total. The van der Waals surface area contributed by atoms with E-state index in [0.29, 0.717) is 26.2 Å². The van der Waals surface area contributed by atoms with Gasteiger partial charge in [-0.3, -0.25) is 14.5 Å². The normalized spacial score (nSPS) is 22.8. The molecule has 4 rings (SSSR count). The van der Waals surface area contributed by atoms with E-state index < -0.39 is 0 Å². The number of ketones is 1. The average molecular weight is 552 g/mol. The minimum absolute atomic E-state index is 0.0983. The van der Waals surface area contributed by atoms with Crippen molar-refractivity contribution in [2.24, 2.45) is 5.92 Å². The summed E-state index contributed by atoms with van der Waals surface area (Å²) in [5, 5.41) is -0.149. The first-order valence-electron chi connectivity index (χ1n) is 13.9. The topological polar surface area (TPSA) is 65.1 Å². The van der Waals surface area contributed by atoms with Crippen molar-refractivity contribution in [3.8, 4) is 0 Å². The van der Waals surface area contributed by atoms with Crippen LogP contribution in [0.15, 0.2) is 66.7 Å². The van der Waals surface area contributed by atoms with Gasteiger partial charge in [-0.05, 0) is 48.6 Å². The predicted molar refractivity (Wildman–Crippen MR) is 156 cm³/mol. The van der Waals surface area contributed by atoms with Gasteiger partial charge in [0.15, 0.2) is 5.78 Å². The molecule has 2 fully saturated rings. The van der Waals surface area contributed by atoms with Gasteiger partial charge < -0.3 is 14.2 Å². The summed E-state index contributed by atoms with van der Waals surface area (Å²) in [5.74, 6) is 0.194. The van der Waals surface area contributed by atoms with Gasteiger partial charge in [-0.2, -0.15) is 11.8 Å². The van der Waals surface area contributed by atoms with Gasteiger partial charge in [0.1, 0.15) is 5.25 Å². The summed E-state index contributed by atoms with van der Waals surface area (Å²) in [6.07, 6.45) is 9.78. The Balaban J connectivity index is 1.36. The zero-order chi connectivity index (χ0) is 27.5. The van der Waals surface area contributed by atoms with Gasteiger partial charge in [0.2, 0.25) is 0 Å². The maximum absolute atomic E-state index is 13.2. The Labute approximate surface area is 237 Å². The summed E-state index contributed by atoms with van der Waals surface area (Å²) in [6, 6.07) is 18.9. The monoisotopic (exact) mass is 551 g/mol. The Morgan fingerprint density at radius 2 is 1.74 bits per heavy atom. The molecule has 4 atom stereocenters. The molecular weight excluding hydrogens is 510 g/mol. The van der Waals surface area contributed by atoms with Crippen LogP contribution in [0.5, 0.6) is 0 Å². The molecule has 0 amide bonds. The van der Waals surface area contributed by atoms with E-state index in [0.717, 1.165) is 44.3 Å². The second-order valence-electron chi connectivity index (χ2n) is 10.3. The first-order chi connectivity index (χ1) is 19.1. The fraction of sp³-hybridized carbons (Fsp3) is 0.500. The highest BCUT2D eigenvalue weighted by Gasteiger charge is 2.45. The van der Waals surface area contributed by atoms with Crippen LogP contribution in [0, 0.1) is 5.92 Å². The van der Waals surface area contributed by atoms with E-state index in [4.69, 9.17) is 14.2 Å². The number of hydrogen-bond donors (Lipinski definition) is 0. The van der Waals surface area contributed by atoms with Gasteiger partial charge in [-0.15, -0.1) is 0 Å². The molecule has 2 aromatic carbocycles. The minimum Gasteiger partial charge on any atom is -0.468 e. The molecule has 210 valence electrons. The first-order valence-corrected chi connectivity index (χ1v) is 15.2. The van der Waals surface area contributed by atoms with Crippen LogP contribution in [0.1, 0.15) is 42.4 Å². The Kier molecular flexibility index (Phi) is 11.6. The number of morpholine rings is 1. The third-order valence-corrected chi connectivity index (χ3v) is 8.71. The lowest BCUT2D eigenvalue weighted by molar-refractivity contribution is -0.140. The molecule has 39 heavy (non-hydrogen) atoms. The fourth-order valence-corrected chi connectivity index (χ4v) is 6.24. The minimum atomic E-state index is -0.175. The van der Waals surface area contributed by atoms with Gasteiger partial charge in [-0.1, -0.05) is 66.7 Å². The highest BCUT2D eigenvalue weighted by atomic mass is 32.2. The van der Waals surface area contributed by atoms with Crippen LogP contribution in [-0.2, 0) is 36.8 Å². The Bertz CT molecular complexity index is 1070. The van der Waals surface area contributed by atoms with Crippen LogP contribution in [0.25, 0.3) is 0 Å². The molecule has 0 spiro atoms. The standard InChI is InChI=1S/C32H41NO5S/c1-36-32(35)30(39-2)12-8-4-7-11-27-29(22-28(34)31(27)33-17-19-37-20-18-33)38-23-26-15-13-25(14-16-26)21-24-9-5-3-6-10-24/h3-7,9-10,13-16,27,29-31H,8,11-12,17-23H2,1-2H3/t27-,29-,30?,31+/m0/s1. The quantitative estimate of drug-likeness (QED) is 0.254. The van der Waals surface area contributed by atoms with Crippen LogP contribution < -0.4 is 0 Å². The molecule has 1 heterocycles. The van der Waals surface area contributed by atoms with Crippen LogP contribution in [0.3, 0.4) is 0 Å². The first kappa shape index (κ1) is 29.5. The third kappa shape index (κ3) is 8.52. The highest BCUT2D eigenvalue weighted by Crippen LogP contribution is 2.34. The molecule has 1 aliphatic heterocycles. The van der Waals surface area contributed by atoms with Gasteiger partial charge >= 0.3 is 5.97 Å². The molecule has 2 aliphatic rings. The zero-order valence-electron chi connectivity index (χ0n) is 23.1. The van der Waals surface area contributed by atoms with Crippen molar-refractivity contribution >= 4 is 23.5 Å². The number of rotatable bonds is 13. The molecule has 2 aromatic rings. The Morgan fingerprint density at radius 3 is 2.44 bits per heavy atom. The van der Waals surface area contributed by atoms with Crippen molar-refractivity contribution in [2.45, 2.75) is 56.1 Å². The van der Waals surface area contributed by atoms with E-state index in [1.807, 2.05) is 12.3 Å². The lowest BCUT2D eigenvalue weighted by Gasteiger charge is -2.35. The van der Waals surface area contributed by atoms with Gasteiger partial charge in [-0.25, -0.2) is 0 Å². The number of methoxy groups -OCH3 is 1. The zero-order valence-corrected chi connectivity index (χ0v) is 23.9. The van der Waals surface area contributed by atoms with Crippen LogP contribution in [-0.4, -0.2) is 73.7 Å². The fourth-order valence-electron chi connectivity index (χ4n) is 5.58. The van der Waals surface area contributed by atoms with Crippen molar-refractivity contribution in [3.63, 3.8) is 0 Å². The number of hydrogen-bond acceptors (Lipinski definition) is 7. The van der Waals surface area contributed by atoms with Crippen LogP contribution in [0.4, 0.5) is 0 Å². The van der Waals surface area contributed by atoms with E-state index in [1.54, 1.807) is 0 Å². The molecule has 0 radical (unpaired) electrons. The molecule has 0 bridgehead atoms. The average Bonchev–Trinajstić information content (AvgIpc) is 3.29. The van der Waals surface area contributed by atoms with E-state index in [2.05, 4.69) is 65.6 Å². The number of ether oxygens (including phenoxy) is 3. The summed E-state index contributed by atoms with van der Waals surface area (Å²) < 4.78 is 16.9. The number of benzene rings is 2. The van der Waals surface area contributed by atoms with E-state index >= 15 is 0 Å². The van der Waals surface area contributed by atoms with Gasteiger partial charge in [0.25, 0.3) is 0 Å². The number of allylic oxidation sites excluding steroid dienone is 2. The summed E-state index contributed by atoms with van der Waals surface area (Å²) in [4.78, 5) is 27.4. The number of Topliss-reactive ketones (excluding diaryl/α,β-unsaturated/α-hetero) is 1. The lowest BCUT2D eigenvalue weighted by Crippen LogP contribution is -2.49. The third-order valence-electron chi connectivity index (χ3n) is 7.71. The molecule has 1 saturated heterocycles. The number of esters is 1. The van der Waals surface area contributed by atoms with E-state index in [1.165, 1.54) is 30.0 Å². The number of nitrogens with zero attached hydrogens (tertiary/aromatic N) is 1. The summed E-state index contributed by atoms with van der Waals surface area (Å²) >= 11 is 1.52. The molecule has 0 aromatic heterocycles. The van der Waals surface area contributed by atoms with Crippen molar-refractivity contribution in [1.29, 1.82) is 0 Å². The predicted octanol–water partition coefficient (Wildman–Crippen LogP) is 5.08. The summed E-state index contributed by atoms with van der Waals surface area (Å²) in [6.45, 7) is 3.38. The molecule has 6 nitrogen and oxygen atoms in total. The molecule has 1 saturated carbocycles. The second-order valence-corrected chi connectivity index (χ2v) is 11.3. The molecule has 1 unspecified atom stereocenters. The smallest absolute Gasteiger partial charge is 0.318 e. The number of carbonyl (C=O) groups excluding carboxylic acids is 2. The van der Waals surface area contributed by atoms with Crippen molar-refractivity contribution in [1.82, 2.24) is 4.90 Å². The second kappa shape index (κ2) is 15.4. The van der Waals surface area contributed by atoms with E-state index in [-0.39, 0.29) is 35.1 Å². The van der Waals surface area contributed by atoms with E-state index in [9.17, 15) is 9.59 Å². The SMILES string of the molecule is COC(=O)C(CCC=CC[C@H]1[C@@H](OCc2ccc(Cc3ccccc3)cc2)CC(=O)[C@@H]1N1CCOCC1)SC. The van der Waals surface area contributed by atoms with Crippen molar-refractivity contribution in [2.75, 3.05) is 39.7 Å². The Hall–Kier alpha value is -2.45. The maximum Gasteiger partial charge on any atom is 0.318 e. The summed E-state index contributed by atoms with van der Waals surface area (Å²) in [7, 11) is 1.43. The summed E-state index contributed by atoms with van der Waals surface area (Å²) in [5.41, 5.74) is 3.69. The van der Waals surface area contributed by atoms with Gasteiger partial charge in [0.05, 0.1) is 39.1 Å². The largest absolute Gasteiger partial charge is 0.468 e. The van der Waals surface area contributed by atoms with Crippen molar-refractivity contribution in [3.05, 3.63) is 83.4 Å². The maximum atomic E-state index is 13.2. The highest BCUT2D eigenvalue weighted by molar-refractivity contribution is 7.99. The van der Waals surface area contributed by atoms with Crippen LogP contribution in [0.2, 0.25) is 0 Å². The number of thioether (sulfide) groups is 1. The van der Waals surface area contributed by atoms with Crippen LogP contribution >= 0.6 is 11.8 Å². The molecule has 1 aliphatic carbocycles.